The summed E-state index contributed by atoms with van der Waals surface area (Å²) in [6.07, 6.45) is 1.97. The lowest BCUT2D eigenvalue weighted by Crippen LogP contribution is -2.03. The number of carbonyl (C=O) groups is 3. The van der Waals surface area contributed by atoms with Crippen molar-refractivity contribution in [2.45, 2.75) is 6.92 Å². The quantitative estimate of drug-likeness (QED) is 0.216. The Balaban J connectivity index is -0.000000330. The van der Waals surface area contributed by atoms with E-state index in [4.69, 9.17) is 25.2 Å². The smallest absolute Gasteiger partial charge is 0.335 e. The molecule has 9 nitrogen and oxygen atoms in total. The second-order valence-electron chi connectivity index (χ2n) is 4.63. The van der Waals surface area contributed by atoms with Gasteiger partial charge in [0.1, 0.15) is 5.75 Å². The molecule has 0 atom stereocenters. The first-order valence-corrected chi connectivity index (χ1v) is 8.09. The van der Waals surface area contributed by atoms with Gasteiger partial charge in [0.05, 0.1) is 26.4 Å². The molecular weight excluding hydrogens is 384 g/mol. The van der Waals surface area contributed by atoms with Crippen LogP contribution < -0.4 is 4.74 Å². The lowest BCUT2D eigenvalue weighted by atomic mass is 10.3. The maximum Gasteiger partial charge on any atom is 0.335 e. The van der Waals surface area contributed by atoms with Crippen LogP contribution in [0.3, 0.4) is 0 Å². The van der Waals surface area contributed by atoms with Crippen molar-refractivity contribution >= 4 is 17.9 Å². The van der Waals surface area contributed by atoms with Crippen LogP contribution in [0, 0.1) is 0 Å². The number of carbonyl (C=O) groups excluding carboxylic acids is 1. The van der Waals surface area contributed by atoms with E-state index in [1.807, 2.05) is 6.07 Å². The highest BCUT2D eigenvalue weighted by Crippen LogP contribution is 2.07. The van der Waals surface area contributed by atoms with E-state index < -0.39 is 17.9 Å². The molecule has 29 heavy (non-hydrogen) atoms. The highest BCUT2D eigenvalue weighted by molar-refractivity contribution is 5.84. The summed E-state index contributed by atoms with van der Waals surface area (Å²) in [5.41, 5.74) is 0.176. The average molecular weight is 412 g/mol. The minimum atomic E-state index is -0.981. The number of aliphatic carboxylic acids is 2. The third kappa shape index (κ3) is 29.7. The Morgan fingerprint density at radius 2 is 1.38 bits per heavy atom. The minimum absolute atomic E-state index is 0.0278. The SMILES string of the molecule is C=C(C)C(=O)O.C=CC(=O)O.C=CC(=O)Oc1ccccc1.OCCOCCO. The fraction of sp³-hybridized carbons (Fsp3) is 0.250. The van der Waals surface area contributed by atoms with Gasteiger partial charge in [-0.1, -0.05) is 37.9 Å². The molecule has 9 heteroatoms. The molecule has 0 bridgehead atoms. The fourth-order valence-corrected chi connectivity index (χ4v) is 0.878. The van der Waals surface area contributed by atoms with E-state index in [2.05, 4.69) is 24.5 Å². The van der Waals surface area contributed by atoms with Gasteiger partial charge in [0.15, 0.2) is 0 Å². The van der Waals surface area contributed by atoms with Crippen LogP contribution in [0.15, 0.2) is 67.8 Å². The molecule has 0 unspecified atom stereocenters. The molecular formula is C20H28O9. The first kappa shape index (κ1) is 30.5. The standard InChI is InChI=1S/C9H8O2.C4H10O3.C4H6O2.C3H4O2/c1-2-9(10)11-8-6-4-3-5-7-8;5-1-3-7-4-2-6;1-3(2)4(5)6;1-2-3(4)5/h2-7H,1H2;5-6H,1-4H2;1H2,2H3,(H,5,6);2H,1H2,(H,4,5). The third-order valence-electron chi connectivity index (χ3n) is 2.14. The Labute approximate surface area is 169 Å². The molecule has 1 aromatic carbocycles. The van der Waals surface area contributed by atoms with Gasteiger partial charge in [0.25, 0.3) is 0 Å². The molecule has 0 spiro atoms. The van der Waals surface area contributed by atoms with E-state index in [-0.39, 0.29) is 18.8 Å². The van der Waals surface area contributed by atoms with Gasteiger partial charge in [-0.2, -0.15) is 0 Å². The van der Waals surface area contributed by atoms with Crippen molar-refractivity contribution in [2.75, 3.05) is 26.4 Å². The summed E-state index contributed by atoms with van der Waals surface area (Å²) < 4.78 is 9.44. The van der Waals surface area contributed by atoms with Gasteiger partial charge in [-0.3, -0.25) is 0 Å². The van der Waals surface area contributed by atoms with E-state index in [0.717, 1.165) is 12.2 Å². The van der Waals surface area contributed by atoms with Gasteiger partial charge in [-0.05, 0) is 19.1 Å². The highest BCUT2D eigenvalue weighted by Gasteiger charge is 1.95. The molecule has 0 heterocycles. The van der Waals surface area contributed by atoms with Crippen LogP contribution in [0.5, 0.6) is 5.75 Å². The Kier molecular flexibility index (Phi) is 23.9. The summed E-state index contributed by atoms with van der Waals surface area (Å²) >= 11 is 0. The number of aliphatic hydroxyl groups is 2. The van der Waals surface area contributed by atoms with Crippen molar-refractivity contribution in [1.82, 2.24) is 0 Å². The largest absolute Gasteiger partial charge is 0.478 e. The fourth-order valence-electron chi connectivity index (χ4n) is 0.878. The zero-order valence-electron chi connectivity index (χ0n) is 16.3. The number of hydrogen-bond donors (Lipinski definition) is 4. The van der Waals surface area contributed by atoms with Crippen LogP contribution in [-0.2, 0) is 19.1 Å². The summed E-state index contributed by atoms with van der Waals surface area (Å²) in [4.78, 5) is 29.5. The lowest BCUT2D eigenvalue weighted by Gasteiger charge is -1.98. The number of para-hydroxylation sites is 1. The molecule has 0 aliphatic carbocycles. The topological polar surface area (TPSA) is 151 Å². The molecule has 0 aliphatic rings. The van der Waals surface area contributed by atoms with E-state index in [1.165, 1.54) is 6.92 Å². The predicted octanol–water partition coefficient (Wildman–Crippen LogP) is 1.67. The van der Waals surface area contributed by atoms with Gasteiger partial charge >= 0.3 is 17.9 Å². The summed E-state index contributed by atoms with van der Waals surface area (Å²) in [7, 11) is 0. The van der Waals surface area contributed by atoms with Crippen LogP contribution in [0.25, 0.3) is 0 Å². The summed E-state index contributed by atoms with van der Waals surface area (Å²) in [5.74, 6) is -1.81. The van der Waals surface area contributed by atoms with E-state index in [1.54, 1.807) is 24.3 Å². The van der Waals surface area contributed by atoms with Crippen molar-refractivity contribution in [3.05, 3.63) is 67.8 Å². The van der Waals surface area contributed by atoms with Crippen molar-refractivity contribution in [3.8, 4) is 5.75 Å². The molecule has 4 N–H and O–H groups in total. The van der Waals surface area contributed by atoms with E-state index in [0.29, 0.717) is 19.0 Å². The van der Waals surface area contributed by atoms with Crippen LogP contribution in [0.1, 0.15) is 6.92 Å². The van der Waals surface area contributed by atoms with Gasteiger partial charge in [-0.25, -0.2) is 14.4 Å². The van der Waals surface area contributed by atoms with Gasteiger partial charge in [-0.15, -0.1) is 0 Å². The maximum absolute atomic E-state index is 10.6. The molecule has 162 valence electrons. The number of esters is 1. The van der Waals surface area contributed by atoms with Crippen molar-refractivity contribution in [2.24, 2.45) is 0 Å². The van der Waals surface area contributed by atoms with Crippen LogP contribution in [0.4, 0.5) is 0 Å². The summed E-state index contributed by atoms with van der Waals surface area (Å²) in [6.45, 7) is 11.5. The second kappa shape index (κ2) is 22.8. The zero-order chi connectivity index (χ0) is 23.1. The summed E-state index contributed by atoms with van der Waals surface area (Å²) in [6, 6.07) is 8.87. The molecule has 0 fully saturated rings. The normalized spacial score (nSPS) is 8.24. The zero-order valence-corrected chi connectivity index (χ0v) is 16.3. The van der Waals surface area contributed by atoms with Gasteiger partial charge in [0, 0.05) is 17.7 Å². The Morgan fingerprint density at radius 3 is 1.66 bits per heavy atom. The number of aliphatic hydroxyl groups excluding tert-OH is 2. The third-order valence-corrected chi connectivity index (χ3v) is 2.14. The first-order chi connectivity index (χ1) is 13.7. The Bertz CT molecular complexity index is 594. The second-order valence-corrected chi connectivity index (χ2v) is 4.63. The number of rotatable bonds is 8. The van der Waals surface area contributed by atoms with Crippen molar-refractivity contribution in [1.29, 1.82) is 0 Å². The van der Waals surface area contributed by atoms with E-state index >= 15 is 0 Å². The van der Waals surface area contributed by atoms with Crippen LogP contribution in [-0.4, -0.2) is 64.8 Å². The Morgan fingerprint density at radius 1 is 0.966 bits per heavy atom. The number of benzene rings is 1. The van der Waals surface area contributed by atoms with Gasteiger partial charge < -0.3 is 29.9 Å². The Hall–Kier alpha value is -3.27. The number of hydrogen-bond acceptors (Lipinski definition) is 7. The molecule has 1 rings (SSSR count). The maximum atomic E-state index is 10.6. The average Bonchev–Trinajstić information content (AvgIpc) is 2.70. The molecule has 0 saturated carbocycles. The number of carboxylic acid groups (broad SMARTS) is 2. The number of carboxylic acids is 2. The van der Waals surface area contributed by atoms with Gasteiger partial charge in [0.2, 0.25) is 0 Å². The lowest BCUT2D eigenvalue weighted by molar-refractivity contribution is -0.133. The van der Waals surface area contributed by atoms with E-state index in [9.17, 15) is 14.4 Å². The summed E-state index contributed by atoms with van der Waals surface area (Å²) in [5, 5.41) is 31.7. The molecule has 0 radical (unpaired) electrons. The van der Waals surface area contributed by atoms with Crippen molar-refractivity contribution < 1.29 is 44.3 Å². The van der Waals surface area contributed by atoms with Crippen LogP contribution in [0.2, 0.25) is 0 Å². The predicted molar refractivity (Wildman–Crippen MR) is 108 cm³/mol. The molecule has 0 saturated heterocycles. The van der Waals surface area contributed by atoms with Crippen LogP contribution >= 0.6 is 0 Å². The molecule has 0 amide bonds. The monoisotopic (exact) mass is 412 g/mol. The molecule has 0 aromatic heterocycles. The minimum Gasteiger partial charge on any atom is -0.478 e. The van der Waals surface area contributed by atoms with Crippen molar-refractivity contribution in [3.63, 3.8) is 0 Å². The highest BCUT2D eigenvalue weighted by atomic mass is 16.5. The first-order valence-electron chi connectivity index (χ1n) is 8.09. The number of ether oxygens (including phenoxy) is 2. The molecule has 1 aromatic rings. The molecule has 0 aliphatic heterocycles.